The van der Waals surface area contributed by atoms with Crippen LogP contribution in [-0.2, 0) is 4.79 Å². The van der Waals surface area contributed by atoms with E-state index in [0.717, 1.165) is 0 Å². The molecule has 0 aromatic heterocycles. The molecule has 1 saturated carbocycles. The van der Waals surface area contributed by atoms with Gasteiger partial charge in [0.1, 0.15) is 4.33 Å². The molecule has 0 bridgehead atoms. The lowest BCUT2D eigenvalue weighted by molar-refractivity contribution is -0.307. The van der Waals surface area contributed by atoms with Crippen LogP contribution >= 0.6 is 23.2 Å². The number of carbonyl (C=O) groups is 1. The summed E-state index contributed by atoms with van der Waals surface area (Å²) in [6.45, 7) is 0. The number of halogens is 2. The molecule has 1 aliphatic carbocycles. The number of carboxylic acids is 1. The summed E-state index contributed by atoms with van der Waals surface area (Å²) in [7, 11) is 0. The van der Waals surface area contributed by atoms with E-state index in [9.17, 15) is 9.90 Å². The van der Waals surface area contributed by atoms with Gasteiger partial charge in [-0.1, -0.05) is 0 Å². The van der Waals surface area contributed by atoms with Gasteiger partial charge in [-0.25, -0.2) is 0 Å². The lowest BCUT2D eigenvalue weighted by Crippen LogP contribution is -2.26. The van der Waals surface area contributed by atoms with Gasteiger partial charge in [-0.2, -0.15) is 0 Å². The van der Waals surface area contributed by atoms with Gasteiger partial charge in [0, 0.05) is 11.9 Å². The van der Waals surface area contributed by atoms with Crippen LogP contribution in [0.3, 0.4) is 0 Å². The molecule has 0 unspecified atom stereocenters. The van der Waals surface area contributed by atoms with Crippen LogP contribution in [0.2, 0.25) is 0 Å². The maximum atomic E-state index is 9.90. The summed E-state index contributed by atoms with van der Waals surface area (Å²) in [5, 5.41) is 9.90. The third-order valence-corrected chi connectivity index (χ3v) is 1.95. The van der Waals surface area contributed by atoms with Gasteiger partial charge in [-0.3, -0.25) is 0 Å². The van der Waals surface area contributed by atoms with E-state index in [-0.39, 0.29) is 0 Å². The molecule has 0 heterocycles. The molecule has 4 heteroatoms. The second kappa shape index (κ2) is 1.52. The van der Waals surface area contributed by atoms with E-state index >= 15 is 0 Å². The molecule has 46 valence electrons. The van der Waals surface area contributed by atoms with Crippen molar-refractivity contribution < 1.29 is 9.90 Å². The highest BCUT2D eigenvalue weighted by atomic mass is 35.5. The summed E-state index contributed by atoms with van der Waals surface area (Å²) >= 11 is 10.7. The Morgan fingerprint density at radius 1 is 1.75 bits per heavy atom. The van der Waals surface area contributed by atoms with Crippen molar-refractivity contribution in [2.75, 3.05) is 0 Å². The molecular weight excluding hydrogens is 151 g/mol. The number of carboxylic acid groups (broad SMARTS) is 1. The molecule has 0 saturated heterocycles. The lowest BCUT2D eigenvalue weighted by Gasteiger charge is -1.97. The minimum atomic E-state index is -1.16. The quantitative estimate of drug-likeness (QED) is 0.496. The van der Waals surface area contributed by atoms with Gasteiger partial charge in [0.25, 0.3) is 0 Å². The molecule has 1 atom stereocenters. The topological polar surface area (TPSA) is 40.1 Å². The maximum Gasteiger partial charge on any atom is 0.127 e. The standard InChI is InChI=1S/C4H4Cl2O2/c5-4(6)1-2(4)3(7)8/h2H,1H2,(H,7,8)/p-1/t2-/m1/s1. The fourth-order valence-electron chi connectivity index (χ4n) is 0.469. The Hall–Kier alpha value is 0.0500. The molecule has 0 aromatic carbocycles. The van der Waals surface area contributed by atoms with E-state index in [4.69, 9.17) is 23.2 Å². The Morgan fingerprint density at radius 2 is 2.12 bits per heavy atom. The molecule has 2 nitrogen and oxygen atoms in total. The Bertz CT molecular complexity index is 132. The lowest BCUT2D eigenvalue weighted by atomic mass is 10.4. The zero-order valence-corrected chi connectivity index (χ0v) is 5.37. The van der Waals surface area contributed by atoms with Crippen LogP contribution in [0.1, 0.15) is 6.42 Å². The molecule has 0 aromatic rings. The first kappa shape index (κ1) is 6.17. The van der Waals surface area contributed by atoms with Crippen molar-refractivity contribution in [1.29, 1.82) is 0 Å². The Balaban J connectivity index is 2.48. The van der Waals surface area contributed by atoms with Crippen molar-refractivity contribution in [2.24, 2.45) is 5.92 Å². The van der Waals surface area contributed by atoms with Crippen LogP contribution in [0.15, 0.2) is 0 Å². The fraction of sp³-hybridized carbons (Fsp3) is 0.750. The first-order valence-corrected chi connectivity index (χ1v) is 2.88. The number of hydrogen-bond donors (Lipinski definition) is 0. The van der Waals surface area contributed by atoms with E-state index in [1.807, 2.05) is 0 Å². The number of hydrogen-bond acceptors (Lipinski definition) is 2. The second-order valence-electron chi connectivity index (χ2n) is 1.84. The number of aliphatic carboxylic acids is 1. The Morgan fingerprint density at radius 3 is 2.12 bits per heavy atom. The van der Waals surface area contributed by atoms with Gasteiger partial charge in [-0.15, -0.1) is 23.2 Å². The molecule has 0 N–H and O–H groups in total. The smallest absolute Gasteiger partial charge is 0.127 e. The predicted molar refractivity (Wildman–Crippen MR) is 27.6 cm³/mol. The van der Waals surface area contributed by atoms with Crippen molar-refractivity contribution in [3.8, 4) is 0 Å². The van der Waals surface area contributed by atoms with Crippen LogP contribution in [0, 0.1) is 5.92 Å². The van der Waals surface area contributed by atoms with Gasteiger partial charge in [0.05, 0.1) is 0 Å². The van der Waals surface area contributed by atoms with E-state index < -0.39 is 16.2 Å². The van der Waals surface area contributed by atoms with E-state index in [1.54, 1.807) is 0 Å². The van der Waals surface area contributed by atoms with Crippen molar-refractivity contribution >= 4 is 29.2 Å². The normalized spacial score (nSPS) is 32.0. The third kappa shape index (κ3) is 0.906. The third-order valence-electron chi connectivity index (χ3n) is 1.11. The van der Waals surface area contributed by atoms with Crippen molar-refractivity contribution in [1.82, 2.24) is 0 Å². The highest BCUT2D eigenvalue weighted by Crippen LogP contribution is 2.52. The van der Waals surface area contributed by atoms with Gasteiger partial charge in [0.2, 0.25) is 0 Å². The van der Waals surface area contributed by atoms with Crippen LogP contribution in [-0.4, -0.2) is 10.3 Å². The minimum absolute atomic E-state index is 0.318. The summed E-state index contributed by atoms with van der Waals surface area (Å²) in [6.07, 6.45) is 0.318. The number of rotatable bonds is 1. The largest absolute Gasteiger partial charge is 0.550 e. The summed E-state index contributed by atoms with van der Waals surface area (Å²) in [5.74, 6) is -1.80. The van der Waals surface area contributed by atoms with Crippen molar-refractivity contribution in [2.45, 2.75) is 10.8 Å². The zero-order chi connectivity index (χ0) is 6.36. The van der Waals surface area contributed by atoms with Gasteiger partial charge >= 0.3 is 0 Å². The Kier molecular flexibility index (Phi) is 1.17. The summed E-state index contributed by atoms with van der Waals surface area (Å²) in [4.78, 5) is 9.90. The average Bonchev–Trinajstić information content (AvgIpc) is 2.13. The molecule has 0 amide bonds. The second-order valence-corrected chi connectivity index (χ2v) is 3.38. The molecule has 8 heavy (non-hydrogen) atoms. The molecule has 0 radical (unpaired) electrons. The van der Waals surface area contributed by atoms with Crippen molar-refractivity contribution in [3.05, 3.63) is 0 Å². The van der Waals surface area contributed by atoms with Gasteiger partial charge in [0.15, 0.2) is 0 Å². The molecule has 0 spiro atoms. The van der Waals surface area contributed by atoms with Crippen LogP contribution < -0.4 is 5.11 Å². The average molecular weight is 154 g/mol. The highest BCUT2D eigenvalue weighted by molar-refractivity contribution is 6.52. The van der Waals surface area contributed by atoms with Crippen LogP contribution in [0.25, 0.3) is 0 Å². The van der Waals surface area contributed by atoms with E-state index in [0.29, 0.717) is 6.42 Å². The molecule has 1 fully saturated rings. The summed E-state index contributed by atoms with van der Waals surface area (Å²) in [5.41, 5.74) is 0. The first-order chi connectivity index (χ1) is 3.54. The summed E-state index contributed by atoms with van der Waals surface area (Å²) < 4.78 is -1.03. The van der Waals surface area contributed by atoms with E-state index in [1.165, 1.54) is 0 Å². The van der Waals surface area contributed by atoms with Crippen LogP contribution in [0.5, 0.6) is 0 Å². The highest BCUT2D eigenvalue weighted by Gasteiger charge is 2.52. The zero-order valence-electron chi connectivity index (χ0n) is 3.86. The van der Waals surface area contributed by atoms with Crippen molar-refractivity contribution in [3.63, 3.8) is 0 Å². The SMILES string of the molecule is O=C([O-])[C@H]1CC1(Cl)Cl. The van der Waals surface area contributed by atoms with Gasteiger partial charge < -0.3 is 9.90 Å². The number of alkyl halides is 2. The maximum absolute atomic E-state index is 9.90. The fourth-order valence-corrected chi connectivity index (χ4v) is 0.956. The monoisotopic (exact) mass is 153 g/mol. The molecule has 1 aliphatic rings. The van der Waals surface area contributed by atoms with Gasteiger partial charge in [-0.05, 0) is 6.42 Å². The predicted octanol–water partition coefficient (Wildman–Crippen LogP) is -0.0699. The molecule has 1 rings (SSSR count). The first-order valence-electron chi connectivity index (χ1n) is 2.13. The number of carbonyl (C=O) groups excluding carboxylic acids is 1. The summed E-state index contributed by atoms with van der Waals surface area (Å²) in [6, 6.07) is 0. The Labute approximate surface area is 56.4 Å². The molecule has 0 aliphatic heterocycles. The van der Waals surface area contributed by atoms with E-state index in [2.05, 4.69) is 0 Å². The molecular formula is C4H3Cl2O2-. The minimum Gasteiger partial charge on any atom is -0.550 e. The van der Waals surface area contributed by atoms with Crippen LogP contribution in [0.4, 0.5) is 0 Å².